The van der Waals surface area contributed by atoms with Crippen LogP contribution in [-0.2, 0) is 18.2 Å². The summed E-state index contributed by atoms with van der Waals surface area (Å²) in [6.45, 7) is 8.00. The summed E-state index contributed by atoms with van der Waals surface area (Å²) < 4.78 is 7.21. The van der Waals surface area contributed by atoms with Crippen molar-refractivity contribution in [2.45, 2.75) is 26.7 Å². The fourth-order valence-corrected chi connectivity index (χ4v) is 3.21. The number of guanidine groups is 1. The van der Waals surface area contributed by atoms with Gasteiger partial charge in [0.05, 0.1) is 12.3 Å². The SMILES string of the molecule is CN=C(NCCc1c(C)nn(C)c1C)N1CCC(COC)C1. The van der Waals surface area contributed by atoms with E-state index in [4.69, 9.17) is 4.74 Å². The van der Waals surface area contributed by atoms with Gasteiger partial charge in [0.2, 0.25) is 0 Å². The summed E-state index contributed by atoms with van der Waals surface area (Å²) in [5.41, 5.74) is 3.71. The van der Waals surface area contributed by atoms with Gasteiger partial charge in [-0.05, 0) is 32.3 Å². The molecule has 6 nitrogen and oxygen atoms in total. The highest BCUT2D eigenvalue weighted by Gasteiger charge is 2.24. The van der Waals surface area contributed by atoms with E-state index in [1.54, 1.807) is 7.11 Å². The van der Waals surface area contributed by atoms with Crippen molar-refractivity contribution >= 4 is 5.96 Å². The molecule has 124 valence electrons. The molecule has 2 rings (SSSR count). The molecular formula is C16H29N5O. The number of hydrogen-bond donors (Lipinski definition) is 1. The number of aliphatic imine (C=N–C) groups is 1. The maximum atomic E-state index is 5.26. The largest absolute Gasteiger partial charge is 0.384 e. The van der Waals surface area contributed by atoms with E-state index in [0.717, 1.165) is 44.3 Å². The molecule has 0 spiro atoms. The Kier molecular flexibility index (Phi) is 5.83. The summed E-state index contributed by atoms with van der Waals surface area (Å²) in [5.74, 6) is 1.61. The van der Waals surface area contributed by atoms with Crippen molar-refractivity contribution < 1.29 is 4.74 Å². The van der Waals surface area contributed by atoms with E-state index in [-0.39, 0.29) is 0 Å². The topological polar surface area (TPSA) is 54.7 Å². The molecule has 0 aliphatic carbocycles. The minimum atomic E-state index is 0.617. The lowest BCUT2D eigenvalue weighted by Crippen LogP contribution is -2.41. The van der Waals surface area contributed by atoms with Gasteiger partial charge in [0, 0.05) is 52.5 Å². The van der Waals surface area contributed by atoms with Crippen LogP contribution in [0.4, 0.5) is 0 Å². The molecule has 1 aromatic heterocycles. The van der Waals surface area contributed by atoms with Crippen molar-refractivity contribution in [2.24, 2.45) is 18.0 Å². The molecule has 6 heteroatoms. The zero-order valence-electron chi connectivity index (χ0n) is 14.5. The van der Waals surface area contributed by atoms with Gasteiger partial charge in [0.15, 0.2) is 5.96 Å². The van der Waals surface area contributed by atoms with Gasteiger partial charge in [0.25, 0.3) is 0 Å². The van der Waals surface area contributed by atoms with Crippen LogP contribution in [-0.4, -0.2) is 61.0 Å². The van der Waals surface area contributed by atoms with Gasteiger partial charge in [-0.2, -0.15) is 5.10 Å². The molecule has 1 saturated heterocycles. The second-order valence-corrected chi connectivity index (χ2v) is 6.05. The lowest BCUT2D eigenvalue weighted by Gasteiger charge is -2.21. The Morgan fingerprint density at radius 2 is 2.23 bits per heavy atom. The molecule has 0 amide bonds. The molecule has 2 heterocycles. The standard InChI is InChI=1S/C16H29N5O/c1-12-15(13(2)20(4)19-12)6-8-18-16(17-3)21-9-7-14(10-21)11-22-5/h14H,6-11H2,1-5H3,(H,17,18). The first-order valence-corrected chi connectivity index (χ1v) is 8.00. The monoisotopic (exact) mass is 307 g/mol. The summed E-state index contributed by atoms with van der Waals surface area (Å²) in [5, 5.41) is 7.95. The van der Waals surface area contributed by atoms with Crippen LogP contribution in [0.3, 0.4) is 0 Å². The van der Waals surface area contributed by atoms with Gasteiger partial charge in [0.1, 0.15) is 0 Å². The smallest absolute Gasteiger partial charge is 0.193 e. The molecule has 1 aliphatic rings. The third kappa shape index (κ3) is 3.80. The first-order valence-electron chi connectivity index (χ1n) is 8.00. The summed E-state index contributed by atoms with van der Waals surface area (Å²) in [7, 11) is 5.62. The quantitative estimate of drug-likeness (QED) is 0.654. The van der Waals surface area contributed by atoms with Crippen LogP contribution in [0.1, 0.15) is 23.4 Å². The maximum absolute atomic E-state index is 5.26. The number of likely N-dealkylation sites (tertiary alicyclic amines) is 1. The highest BCUT2D eigenvalue weighted by atomic mass is 16.5. The summed E-state index contributed by atoms with van der Waals surface area (Å²) in [6, 6.07) is 0. The Bertz CT molecular complexity index is 523. The maximum Gasteiger partial charge on any atom is 0.193 e. The number of aryl methyl sites for hydroxylation is 2. The zero-order chi connectivity index (χ0) is 16.1. The van der Waals surface area contributed by atoms with Crippen molar-refractivity contribution in [3.63, 3.8) is 0 Å². The van der Waals surface area contributed by atoms with Crippen LogP contribution >= 0.6 is 0 Å². The van der Waals surface area contributed by atoms with E-state index in [0.29, 0.717) is 5.92 Å². The van der Waals surface area contributed by atoms with E-state index in [1.807, 2.05) is 18.8 Å². The zero-order valence-corrected chi connectivity index (χ0v) is 14.5. The Morgan fingerprint density at radius 1 is 1.45 bits per heavy atom. The van der Waals surface area contributed by atoms with Gasteiger partial charge >= 0.3 is 0 Å². The second kappa shape index (κ2) is 7.63. The first kappa shape index (κ1) is 16.8. The molecule has 1 aliphatic heterocycles. The summed E-state index contributed by atoms with van der Waals surface area (Å²) in [6.07, 6.45) is 2.15. The average Bonchev–Trinajstić information content (AvgIpc) is 3.03. The molecule has 1 unspecified atom stereocenters. The number of ether oxygens (including phenoxy) is 1. The Labute approximate surface area is 133 Å². The fourth-order valence-electron chi connectivity index (χ4n) is 3.21. The minimum absolute atomic E-state index is 0.617. The van der Waals surface area contributed by atoms with Crippen molar-refractivity contribution in [2.75, 3.05) is 40.4 Å². The van der Waals surface area contributed by atoms with Crippen molar-refractivity contribution in [1.82, 2.24) is 20.0 Å². The van der Waals surface area contributed by atoms with Crippen molar-refractivity contribution in [3.8, 4) is 0 Å². The van der Waals surface area contributed by atoms with Crippen LogP contribution in [0.15, 0.2) is 4.99 Å². The normalized spacial score (nSPS) is 19.0. The Morgan fingerprint density at radius 3 is 2.82 bits per heavy atom. The number of hydrogen-bond acceptors (Lipinski definition) is 3. The van der Waals surface area contributed by atoms with Gasteiger partial charge < -0.3 is 15.0 Å². The first-order chi connectivity index (χ1) is 10.6. The molecule has 0 saturated carbocycles. The fraction of sp³-hybridized carbons (Fsp3) is 0.750. The average molecular weight is 307 g/mol. The van der Waals surface area contributed by atoms with Crippen molar-refractivity contribution in [3.05, 3.63) is 17.0 Å². The van der Waals surface area contributed by atoms with Gasteiger partial charge in [-0.15, -0.1) is 0 Å². The van der Waals surface area contributed by atoms with Crippen molar-refractivity contribution in [1.29, 1.82) is 0 Å². The molecule has 1 fully saturated rings. The minimum Gasteiger partial charge on any atom is -0.384 e. The molecule has 0 aromatic carbocycles. The van der Waals surface area contributed by atoms with Crippen LogP contribution in [0, 0.1) is 19.8 Å². The van der Waals surface area contributed by atoms with Crippen LogP contribution in [0.2, 0.25) is 0 Å². The van der Waals surface area contributed by atoms with E-state index < -0.39 is 0 Å². The molecule has 0 radical (unpaired) electrons. The summed E-state index contributed by atoms with van der Waals surface area (Å²) >= 11 is 0. The van der Waals surface area contributed by atoms with Crippen LogP contribution < -0.4 is 5.32 Å². The predicted molar refractivity (Wildman–Crippen MR) is 89.3 cm³/mol. The predicted octanol–water partition coefficient (Wildman–Crippen LogP) is 1.12. The highest BCUT2D eigenvalue weighted by Crippen LogP contribution is 2.16. The van der Waals surface area contributed by atoms with Gasteiger partial charge in [-0.3, -0.25) is 9.67 Å². The van der Waals surface area contributed by atoms with Crippen LogP contribution in [0.5, 0.6) is 0 Å². The number of nitrogens with one attached hydrogen (secondary N) is 1. The van der Waals surface area contributed by atoms with Gasteiger partial charge in [-0.1, -0.05) is 0 Å². The number of methoxy groups -OCH3 is 1. The molecule has 0 bridgehead atoms. The molecule has 1 N–H and O–H groups in total. The van der Waals surface area contributed by atoms with E-state index in [1.165, 1.54) is 17.7 Å². The Balaban J connectivity index is 1.85. The lowest BCUT2D eigenvalue weighted by molar-refractivity contribution is 0.157. The molecule has 22 heavy (non-hydrogen) atoms. The number of rotatable bonds is 5. The lowest BCUT2D eigenvalue weighted by atomic mass is 10.1. The number of nitrogens with zero attached hydrogens (tertiary/aromatic N) is 4. The van der Waals surface area contributed by atoms with E-state index in [9.17, 15) is 0 Å². The number of aromatic nitrogens is 2. The molecular weight excluding hydrogens is 278 g/mol. The molecule has 1 aromatic rings. The summed E-state index contributed by atoms with van der Waals surface area (Å²) in [4.78, 5) is 6.74. The Hall–Kier alpha value is -1.56. The van der Waals surface area contributed by atoms with Gasteiger partial charge in [-0.25, -0.2) is 0 Å². The highest BCUT2D eigenvalue weighted by molar-refractivity contribution is 5.80. The second-order valence-electron chi connectivity index (χ2n) is 6.05. The van der Waals surface area contributed by atoms with E-state index >= 15 is 0 Å². The van der Waals surface area contributed by atoms with Crippen LogP contribution in [0.25, 0.3) is 0 Å². The van der Waals surface area contributed by atoms with E-state index in [2.05, 4.69) is 34.2 Å². The third-order valence-corrected chi connectivity index (χ3v) is 4.52. The third-order valence-electron chi connectivity index (χ3n) is 4.52. The molecule has 1 atom stereocenters.